The van der Waals surface area contributed by atoms with E-state index in [4.69, 9.17) is 4.74 Å². The molecule has 3 rings (SSSR count). The van der Waals surface area contributed by atoms with Crippen LogP contribution in [0.1, 0.15) is 18.9 Å². The molecule has 18 heavy (non-hydrogen) atoms. The summed E-state index contributed by atoms with van der Waals surface area (Å²) in [5, 5.41) is 0. The Morgan fingerprint density at radius 2 is 2.06 bits per heavy atom. The summed E-state index contributed by atoms with van der Waals surface area (Å²) in [7, 11) is 0. The highest BCUT2D eigenvalue weighted by atomic mass is 16.5. The second kappa shape index (κ2) is 4.69. The van der Waals surface area contributed by atoms with Crippen molar-refractivity contribution in [1.29, 1.82) is 0 Å². The fourth-order valence-electron chi connectivity index (χ4n) is 2.32. The van der Waals surface area contributed by atoms with Crippen LogP contribution in [-0.4, -0.2) is 0 Å². The zero-order valence-electron chi connectivity index (χ0n) is 10.5. The number of allylic oxidation sites excluding steroid dienone is 4. The van der Waals surface area contributed by atoms with Crippen LogP contribution in [0.4, 0.5) is 0 Å². The van der Waals surface area contributed by atoms with Crippen LogP contribution in [0.2, 0.25) is 0 Å². The number of hydrogen-bond donors (Lipinski definition) is 0. The Bertz CT molecular complexity index is 559. The van der Waals surface area contributed by atoms with Crippen LogP contribution >= 0.6 is 0 Å². The summed E-state index contributed by atoms with van der Waals surface area (Å²) >= 11 is 0. The molecule has 0 amide bonds. The molecule has 2 aliphatic rings. The van der Waals surface area contributed by atoms with Gasteiger partial charge in [-0.25, -0.2) is 0 Å². The fraction of sp³-hybridized carbons (Fsp3) is 0.176. The lowest BCUT2D eigenvalue weighted by atomic mass is 9.96. The highest BCUT2D eigenvalue weighted by Gasteiger charge is 2.22. The van der Waals surface area contributed by atoms with E-state index in [1.165, 1.54) is 11.1 Å². The Balaban J connectivity index is 1.95. The van der Waals surface area contributed by atoms with Gasteiger partial charge in [0.05, 0.1) is 0 Å². The van der Waals surface area contributed by atoms with Gasteiger partial charge in [-0.15, -0.1) is 0 Å². The van der Waals surface area contributed by atoms with Gasteiger partial charge >= 0.3 is 0 Å². The van der Waals surface area contributed by atoms with Gasteiger partial charge in [-0.1, -0.05) is 55.5 Å². The third-order valence-corrected chi connectivity index (χ3v) is 3.33. The van der Waals surface area contributed by atoms with E-state index in [9.17, 15) is 0 Å². The molecule has 0 radical (unpaired) electrons. The Kier molecular flexibility index (Phi) is 2.89. The SMILES string of the molecule is CCC1C=C2C=CC=C2OC1=Cc1ccccc1. The molecule has 1 nitrogen and oxygen atoms in total. The molecule has 1 aromatic carbocycles. The number of rotatable bonds is 2. The summed E-state index contributed by atoms with van der Waals surface area (Å²) in [6, 6.07) is 10.3. The van der Waals surface area contributed by atoms with E-state index in [-0.39, 0.29) is 0 Å². The number of hydrogen-bond acceptors (Lipinski definition) is 1. The Labute approximate surface area is 108 Å². The molecule has 0 saturated carbocycles. The molecular formula is C17H16O. The summed E-state index contributed by atoms with van der Waals surface area (Å²) < 4.78 is 6.01. The average molecular weight is 236 g/mol. The van der Waals surface area contributed by atoms with Gasteiger partial charge in [0.15, 0.2) is 0 Å². The minimum absolute atomic E-state index is 0.375. The predicted molar refractivity (Wildman–Crippen MR) is 74.6 cm³/mol. The molecule has 1 unspecified atom stereocenters. The normalized spacial score (nSPS) is 23.4. The third-order valence-electron chi connectivity index (χ3n) is 3.33. The van der Waals surface area contributed by atoms with E-state index in [0.717, 1.165) is 17.9 Å². The fourth-order valence-corrected chi connectivity index (χ4v) is 2.32. The van der Waals surface area contributed by atoms with Crippen molar-refractivity contribution in [3.05, 3.63) is 77.3 Å². The monoisotopic (exact) mass is 236 g/mol. The molecule has 0 N–H and O–H groups in total. The highest BCUT2D eigenvalue weighted by molar-refractivity contribution is 5.56. The van der Waals surface area contributed by atoms with E-state index >= 15 is 0 Å². The van der Waals surface area contributed by atoms with Gasteiger partial charge in [-0.2, -0.15) is 0 Å². The maximum Gasteiger partial charge on any atom is 0.133 e. The molecule has 1 aromatic rings. The van der Waals surface area contributed by atoms with Crippen molar-refractivity contribution in [2.24, 2.45) is 5.92 Å². The smallest absolute Gasteiger partial charge is 0.133 e. The van der Waals surface area contributed by atoms with E-state index < -0.39 is 0 Å². The van der Waals surface area contributed by atoms with Gasteiger partial charge < -0.3 is 4.74 Å². The van der Waals surface area contributed by atoms with Gasteiger partial charge in [0.1, 0.15) is 11.5 Å². The van der Waals surface area contributed by atoms with Gasteiger partial charge in [-0.3, -0.25) is 0 Å². The molecule has 0 spiro atoms. The second-order valence-corrected chi connectivity index (χ2v) is 4.59. The van der Waals surface area contributed by atoms with E-state index in [1.54, 1.807) is 0 Å². The summed E-state index contributed by atoms with van der Waals surface area (Å²) in [4.78, 5) is 0. The zero-order chi connectivity index (χ0) is 12.4. The first-order chi connectivity index (χ1) is 8.86. The molecule has 1 atom stereocenters. The first-order valence-electron chi connectivity index (χ1n) is 6.42. The Morgan fingerprint density at radius 1 is 1.22 bits per heavy atom. The molecular weight excluding hydrogens is 220 g/mol. The summed E-state index contributed by atoms with van der Waals surface area (Å²) in [6.07, 6.45) is 11.7. The highest BCUT2D eigenvalue weighted by Crippen LogP contribution is 2.35. The van der Waals surface area contributed by atoms with Gasteiger partial charge in [-0.05, 0) is 24.1 Å². The van der Waals surface area contributed by atoms with Crippen molar-refractivity contribution in [3.8, 4) is 0 Å². The maximum atomic E-state index is 6.01. The zero-order valence-corrected chi connectivity index (χ0v) is 10.5. The van der Waals surface area contributed by atoms with Crippen molar-refractivity contribution < 1.29 is 4.74 Å². The van der Waals surface area contributed by atoms with Crippen LogP contribution in [0.15, 0.2) is 71.7 Å². The number of benzene rings is 1. The Hall–Kier alpha value is -2.02. The van der Waals surface area contributed by atoms with Crippen LogP contribution in [0.25, 0.3) is 6.08 Å². The predicted octanol–water partition coefficient (Wildman–Crippen LogP) is 4.46. The first kappa shape index (κ1) is 11.1. The molecule has 90 valence electrons. The molecule has 0 fully saturated rings. The summed E-state index contributed by atoms with van der Waals surface area (Å²) in [5.74, 6) is 2.39. The quantitative estimate of drug-likeness (QED) is 0.736. The van der Waals surface area contributed by atoms with E-state index in [1.807, 2.05) is 30.4 Å². The lowest BCUT2D eigenvalue weighted by molar-refractivity contribution is 0.269. The van der Waals surface area contributed by atoms with Crippen LogP contribution in [0, 0.1) is 5.92 Å². The Morgan fingerprint density at radius 3 is 2.83 bits per heavy atom. The van der Waals surface area contributed by atoms with Crippen molar-refractivity contribution in [2.75, 3.05) is 0 Å². The summed E-state index contributed by atoms with van der Waals surface area (Å²) in [6.45, 7) is 2.19. The average Bonchev–Trinajstić information content (AvgIpc) is 2.86. The van der Waals surface area contributed by atoms with Gasteiger partial charge in [0.2, 0.25) is 0 Å². The van der Waals surface area contributed by atoms with E-state index in [2.05, 4.69) is 37.3 Å². The minimum Gasteiger partial charge on any atom is -0.460 e. The van der Waals surface area contributed by atoms with Crippen LogP contribution in [0.5, 0.6) is 0 Å². The third kappa shape index (κ3) is 2.04. The topological polar surface area (TPSA) is 9.23 Å². The van der Waals surface area contributed by atoms with Crippen LogP contribution < -0.4 is 0 Å². The van der Waals surface area contributed by atoms with Crippen molar-refractivity contribution >= 4 is 6.08 Å². The van der Waals surface area contributed by atoms with Crippen molar-refractivity contribution in [1.82, 2.24) is 0 Å². The molecule has 0 saturated heterocycles. The molecule has 1 aliphatic heterocycles. The van der Waals surface area contributed by atoms with Crippen LogP contribution in [-0.2, 0) is 4.74 Å². The summed E-state index contributed by atoms with van der Waals surface area (Å²) in [5.41, 5.74) is 2.40. The van der Waals surface area contributed by atoms with E-state index in [0.29, 0.717) is 5.92 Å². The molecule has 0 aromatic heterocycles. The minimum atomic E-state index is 0.375. The lowest BCUT2D eigenvalue weighted by Crippen LogP contribution is -2.10. The number of fused-ring (bicyclic) bond motifs is 1. The molecule has 0 bridgehead atoms. The van der Waals surface area contributed by atoms with Crippen molar-refractivity contribution in [3.63, 3.8) is 0 Å². The van der Waals surface area contributed by atoms with Gasteiger partial charge in [0, 0.05) is 11.5 Å². The first-order valence-corrected chi connectivity index (χ1v) is 6.42. The largest absolute Gasteiger partial charge is 0.460 e. The van der Waals surface area contributed by atoms with Crippen LogP contribution in [0.3, 0.4) is 0 Å². The standard InChI is InChI=1S/C17H16O/c1-2-14-12-15-9-6-10-16(15)18-17(14)11-13-7-4-3-5-8-13/h3-12,14H,2H2,1H3. The molecule has 1 heterocycles. The van der Waals surface area contributed by atoms with Crippen molar-refractivity contribution in [2.45, 2.75) is 13.3 Å². The second-order valence-electron chi connectivity index (χ2n) is 4.59. The lowest BCUT2D eigenvalue weighted by Gasteiger charge is -2.24. The molecule has 1 heteroatoms. The van der Waals surface area contributed by atoms with Gasteiger partial charge in [0.25, 0.3) is 0 Å². The maximum absolute atomic E-state index is 6.01. The molecule has 1 aliphatic carbocycles. The number of ether oxygens (including phenoxy) is 1.